The summed E-state index contributed by atoms with van der Waals surface area (Å²) in [7, 11) is 0. The summed E-state index contributed by atoms with van der Waals surface area (Å²) >= 11 is 0. The molecule has 2 N–H and O–H groups in total. The SMILES string of the molecule is NC(=O)C1=CN=CCC=N1. The second-order valence-corrected chi connectivity index (χ2v) is 1.76. The van der Waals surface area contributed by atoms with E-state index < -0.39 is 5.91 Å². The maximum absolute atomic E-state index is 10.5. The molecule has 0 aromatic carbocycles. The maximum Gasteiger partial charge on any atom is 0.268 e. The van der Waals surface area contributed by atoms with Crippen LogP contribution in [0, 0.1) is 0 Å². The van der Waals surface area contributed by atoms with E-state index in [2.05, 4.69) is 9.98 Å². The molecule has 1 rings (SSSR count). The van der Waals surface area contributed by atoms with Crippen molar-refractivity contribution in [3.8, 4) is 0 Å². The van der Waals surface area contributed by atoms with Gasteiger partial charge in [-0.3, -0.25) is 14.8 Å². The Labute approximate surface area is 58.2 Å². The monoisotopic (exact) mass is 137 g/mol. The summed E-state index contributed by atoms with van der Waals surface area (Å²) in [5.41, 5.74) is 5.14. The summed E-state index contributed by atoms with van der Waals surface area (Å²) in [6, 6.07) is 0. The fourth-order valence-corrected chi connectivity index (χ4v) is 0.543. The van der Waals surface area contributed by atoms with Gasteiger partial charge in [0.1, 0.15) is 5.70 Å². The molecular formula is C6H7N3O. The predicted octanol–water partition coefficient (Wildman–Crippen LogP) is -0.142. The number of carbonyl (C=O) groups excluding carboxylic acids is 1. The van der Waals surface area contributed by atoms with Crippen LogP contribution in [0.4, 0.5) is 0 Å². The Kier molecular flexibility index (Phi) is 1.94. The van der Waals surface area contributed by atoms with Crippen LogP contribution in [-0.2, 0) is 4.79 Å². The molecule has 0 spiro atoms. The topological polar surface area (TPSA) is 67.8 Å². The number of hydrogen-bond donors (Lipinski definition) is 1. The first kappa shape index (κ1) is 6.67. The molecule has 0 saturated carbocycles. The van der Waals surface area contributed by atoms with Crippen LogP contribution in [0.25, 0.3) is 0 Å². The van der Waals surface area contributed by atoms with E-state index in [0.717, 1.165) is 0 Å². The lowest BCUT2D eigenvalue weighted by molar-refractivity contribution is -0.114. The van der Waals surface area contributed by atoms with Gasteiger partial charge in [-0.15, -0.1) is 0 Å². The Morgan fingerprint density at radius 1 is 1.60 bits per heavy atom. The molecule has 0 fully saturated rings. The number of amides is 1. The van der Waals surface area contributed by atoms with E-state index in [4.69, 9.17) is 5.73 Å². The Morgan fingerprint density at radius 2 is 2.40 bits per heavy atom. The summed E-state index contributed by atoms with van der Waals surface area (Å²) in [6.45, 7) is 0. The van der Waals surface area contributed by atoms with Gasteiger partial charge < -0.3 is 5.73 Å². The van der Waals surface area contributed by atoms with E-state index in [1.54, 1.807) is 12.4 Å². The molecule has 1 heterocycles. The second kappa shape index (κ2) is 2.91. The fourth-order valence-electron chi connectivity index (χ4n) is 0.543. The lowest BCUT2D eigenvalue weighted by Gasteiger charge is -1.88. The third kappa shape index (κ3) is 1.51. The Balaban J connectivity index is 2.83. The van der Waals surface area contributed by atoms with Gasteiger partial charge in [0, 0.05) is 18.9 Å². The Bertz CT molecular complexity index is 227. The molecule has 0 saturated heterocycles. The normalized spacial score (nSPS) is 16.2. The molecule has 0 atom stereocenters. The van der Waals surface area contributed by atoms with Gasteiger partial charge in [0.05, 0.1) is 6.20 Å². The van der Waals surface area contributed by atoms with Crippen LogP contribution in [0.2, 0.25) is 0 Å². The highest BCUT2D eigenvalue weighted by molar-refractivity contribution is 5.95. The number of aliphatic imine (C=N–C) groups is 2. The minimum atomic E-state index is -0.546. The molecule has 4 nitrogen and oxygen atoms in total. The molecular weight excluding hydrogens is 130 g/mol. The van der Waals surface area contributed by atoms with E-state index in [-0.39, 0.29) is 5.70 Å². The quantitative estimate of drug-likeness (QED) is 0.537. The zero-order valence-corrected chi connectivity index (χ0v) is 5.32. The van der Waals surface area contributed by atoms with E-state index >= 15 is 0 Å². The lowest BCUT2D eigenvalue weighted by Crippen LogP contribution is -2.12. The first-order chi connectivity index (χ1) is 4.80. The van der Waals surface area contributed by atoms with Gasteiger partial charge in [0.15, 0.2) is 0 Å². The van der Waals surface area contributed by atoms with Crippen LogP contribution in [0.1, 0.15) is 6.42 Å². The van der Waals surface area contributed by atoms with E-state index in [9.17, 15) is 4.79 Å². The first-order valence-corrected chi connectivity index (χ1v) is 2.85. The van der Waals surface area contributed by atoms with E-state index in [0.29, 0.717) is 6.42 Å². The molecule has 0 bridgehead atoms. The Morgan fingerprint density at radius 3 is 3.10 bits per heavy atom. The second-order valence-electron chi connectivity index (χ2n) is 1.76. The lowest BCUT2D eigenvalue weighted by atomic mass is 10.4. The molecule has 0 aromatic rings. The molecule has 1 aliphatic rings. The summed E-state index contributed by atoms with van der Waals surface area (Å²) in [4.78, 5) is 18.0. The Hall–Kier alpha value is -1.45. The number of hydrogen-bond acceptors (Lipinski definition) is 3. The minimum absolute atomic E-state index is 0.203. The standard InChI is InChI=1S/C6H7N3O/c7-6(10)5-4-8-2-1-3-9-5/h2-4H,1H2,(H2,7,10). The van der Waals surface area contributed by atoms with Crippen molar-refractivity contribution in [2.24, 2.45) is 15.7 Å². The molecule has 10 heavy (non-hydrogen) atoms. The van der Waals surface area contributed by atoms with Crippen LogP contribution >= 0.6 is 0 Å². The smallest absolute Gasteiger partial charge is 0.268 e. The van der Waals surface area contributed by atoms with Crippen LogP contribution in [-0.4, -0.2) is 18.3 Å². The van der Waals surface area contributed by atoms with Crippen LogP contribution in [0.15, 0.2) is 21.9 Å². The molecule has 0 radical (unpaired) electrons. The molecule has 1 amide bonds. The fraction of sp³-hybridized carbons (Fsp3) is 0.167. The largest absolute Gasteiger partial charge is 0.364 e. The highest BCUT2D eigenvalue weighted by Crippen LogP contribution is 1.97. The predicted molar refractivity (Wildman–Crippen MR) is 38.9 cm³/mol. The minimum Gasteiger partial charge on any atom is -0.364 e. The van der Waals surface area contributed by atoms with Crippen molar-refractivity contribution in [2.75, 3.05) is 0 Å². The first-order valence-electron chi connectivity index (χ1n) is 2.85. The number of rotatable bonds is 1. The van der Waals surface area contributed by atoms with Gasteiger partial charge in [0.2, 0.25) is 0 Å². The summed E-state index contributed by atoms with van der Waals surface area (Å²) < 4.78 is 0. The van der Waals surface area contributed by atoms with E-state index in [1.807, 2.05) is 0 Å². The van der Waals surface area contributed by atoms with Gasteiger partial charge in [0.25, 0.3) is 5.91 Å². The molecule has 1 aliphatic heterocycles. The van der Waals surface area contributed by atoms with Crippen LogP contribution in [0.3, 0.4) is 0 Å². The van der Waals surface area contributed by atoms with Gasteiger partial charge in [-0.1, -0.05) is 0 Å². The molecule has 0 aliphatic carbocycles. The highest BCUT2D eigenvalue weighted by atomic mass is 16.1. The van der Waals surface area contributed by atoms with Gasteiger partial charge in [-0.2, -0.15) is 0 Å². The summed E-state index contributed by atoms with van der Waals surface area (Å²) in [6.07, 6.45) is 5.24. The number of nitrogens with zero attached hydrogens (tertiary/aromatic N) is 2. The summed E-state index contributed by atoms with van der Waals surface area (Å²) in [5.74, 6) is -0.546. The third-order valence-corrected chi connectivity index (χ3v) is 0.996. The number of primary amides is 1. The van der Waals surface area contributed by atoms with Crippen LogP contribution < -0.4 is 5.73 Å². The van der Waals surface area contributed by atoms with Gasteiger partial charge in [-0.05, 0) is 0 Å². The van der Waals surface area contributed by atoms with Crippen molar-refractivity contribution in [1.82, 2.24) is 0 Å². The summed E-state index contributed by atoms with van der Waals surface area (Å²) in [5, 5.41) is 0. The zero-order valence-electron chi connectivity index (χ0n) is 5.32. The molecule has 4 heteroatoms. The third-order valence-electron chi connectivity index (χ3n) is 0.996. The van der Waals surface area contributed by atoms with Crippen molar-refractivity contribution >= 4 is 18.3 Å². The van der Waals surface area contributed by atoms with Gasteiger partial charge >= 0.3 is 0 Å². The molecule has 0 aromatic heterocycles. The van der Waals surface area contributed by atoms with Crippen molar-refractivity contribution in [3.05, 3.63) is 11.9 Å². The molecule has 52 valence electrons. The average Bonchev–Trinajstić information content (AvgIpc) is 2.12. The maximum atomic E-state index is 10.5. The average molecular weight is 137 g/mol. The zero-order chi connectivity index (χ0) is 7.40. The highest BCUT2D eigenvalue weighted by Gasteiger charge is 2.00. The van der Waals surface area contributed by atoms with Crippen molar-refractivity contribution in [2.45, 2.75) is 6.42 Å². The van der Waals surface area contributed by atoms with Crippen molar-refractivity contribution in [1.29, 1.82) is 0 Å². The van der Waals surface area contributed by atoms with Crippen molar-refractivity contribution in [3.63, 3.8) is 0 Å². The van der Waals surface area contributed by atoms with Gasteiger partial charge in [-0.25, -0.2) is 0 Å². The number of carbonyl (C=O) groups is 1. The molecule has 0 unspecified atom stereocenters. The van der Waals surface area contributed by atoms with Crippen molar-refractivity contribution < 1.29 is 4.79 Å². The number of nitrogens with two attached hydrogens (primary N) is 1. The van der Waals surface area contributed by atoms with E-state index in [1.165, 1.54) is 6.20 Å². The van der Waals surface area contributed by atoms with Crippen LogP contribution in [0.5, 0.6) is 0 Å².